The number of nitro groups is 2. The Balaban J connectivity index is 0.000000208. The minimum absolute atomic E-state index is 0.173. The highest BCUT2D eigenvalue weighted by Crippen LogP contribution is 2.28. The number of aromatic nitrogens is 3. The number of methoxy groups -OCH3 is 3. The van der Waals surface area contributed by atoms with Gasteiger partial charge >= 0.3 is 11.6 Å². The zero-order valence-electron chi connectivity index (χ0n) is 32.1. The molecule has 0 bridgehead atoms. The Morgan fingerprint density at radius 2 is 1.20 bits per heavy atom. The lowest BCUT2D eigenvalue weighted by atomic mass is 9.93. The second-order valence-corrected chi connectivity index (χ2v) is 14.0. The largest absolute Gasteiger partial charge is 0.386 e. The molecule has 3 aliphatic heterocycles. The third-order valence-corrected chi connectivity index (χ3v) is 9.12. The number of halogens is 1. The van der Waals surface area contributed by atoms with Crippen LogP contribution in [-0.4, -0.2) is 137 Å². The zero-order valence-corrected chi connectivity index (χ0v) is 32.1. The number of aliphatic hydroxyl groups is 3. The van der Waals surface area contributed by atoms with Crippen LogP contribution in [0.15, 0.2) is 55.0 Å². The van der Waals surface area contributed by atoms with Crippen molar-refractivity contribution in [1.82, 2.24) is 20.3 Å². The van der Waals surface area contributed by atoms with Gasteiger partial charge in [0.15, 0.2) is 18.2 Å². The molecule has 20 heteroatoms. The molecule has 0 aromatic carbocycles. The van der Waals surface area contributed by atoms with Gasteiger partial charge in [-0.3, -0.25) is 0 Å². The number of hydrogen-bond donors (Lipinski definition) is 5. The molecule has 3 saturated heterocycles. The average Bonchev–Trinajstić information content (AvgIpc) is 3.16. The van der Waals surface area contributed by atoms with E-state index in [0.717, 1.165) is 81.4 Å². The molecule has 0 spiro atoms. The minimum atomic E-state index is -0.866. The molecule has 3 fully saturated rings. The van der Waals surface area contributed by atoms with Crippen LogP contribution >= 0.6 is 0 Å². The summed E-state index contributed by atoms with van der Waals surface area (Å²) >= 11 is 0. The number of anilines is 3. The molecular formula is C36H54FN9O10. The average molecular weight is 792 g/mol. The molecule has 310 valence electrons. The van der Waals surface area contributed by atoms with E-state index < -0.39 is 32.5 Å². The quantitative estimate of drug-likeness (QED) is 0.146. The molecular weight excluding hydrogens is 737 g/mol. The van der Waals surface area contributed by atoms with E-state index in [1.165, 1.54) is 12.3 Å². The van der Waals surface area contributed by atoms with Crippen LogP contribution in [0.1, 0.15) is 38.5 Å². The topological polar surface area (TPSA) is 258 Å². The molecule has 3 atom stereocenters. The smallest absolute Gasteiger partial charge is 0.363 e. The van der Waals surface area contributed by atoms with E-state index in [9.17, 15) is 39.9 Å². The number of nitrogens with two attached hydrogens (primary N) is 1. The number of hydrogen-bond acceptors (Lipinski definition) is 17. The molecule has 0 radical (unpaired) electrons. The Bertz CT molecular complexity index is 1610. The van der Waals surface area contributed by atoms with Gasteiger partial charge in [0, 0.05) is 66.2 Å². The summed E-state index contributed by atoms with van der Waals surface area (Å²) in [5.74, 6) is -0.585. The van der Waals surface area contributed by atoms with Gasteiger partial charge < -0.3 is 70.6 Å². The van der Waals surface area contributed by atoms with E-state index in [1.54, 1.807) is 39.7 Å². The van der Waals surface area contributed by atoms with Gasteiger partial charge in [-0.1, -0.05) is 0 Å². The Morgan fingerprint density at radius 3 is 1.59 bits per heavy atom. The maximum atomic E-state index is 12.1. The van der Waals surface area contributed by atoms with Gasteiger partial charge in [-0.15, -0.1) is 0 Å². The number of piperidine rings is 3. The summed E-state index contributed by atoms with van der Waals surface area (Å²) in [7, 11) is 4.79. The van der Waals surface area contributed by atoms with Gasteiger partial charge in [-0.25, -0.2) is 9.37 Å². The maximum Gasteiger partial charge on any atom is 0.363 e. The summed E-state index contributed by atoms with van der Waals surface area (Å²) in [6.45, 7) is 5.53. The highest BCUT2D eigenvalue weighted by atomic mass is 19.1. The Hall–Kier alpha value is -4.70. The predicted octanol–water partition coefficient (Wildman–Crippen LogP) is 2.49. The summed E-state index contributed by atoms with van der Waals surface area (Å²) in [4.78, 5) is 34.4. The van der Waals surface area contributed by atoms with E-state index in [-0.39, 0.29) is 18.2 Å². The van der Waals surface area contributed by atoms with Crippen LogP contribution in [-0.2, 0) is 14.2 Å². The lowest BCUT2D eigenvalue weighted by Crippen LogP contribution is -2.51. The molecule has 3 aromatic heterocycles. The van der Waals surface area contributed by atoms with Crippen LogP contribution < -0.4 is 20.9 Å². The fraction of sp³-hybridized carbons (Fsp3) is 0.583. The molecule has 0 saturated carbocycles. The molecule has 6 rings (SSSR count). The van der Waals surface area contributed by atoms with Crippen molar-refractivity contribution in [2.24, 2.45) is 0 Å². The normalized spacial score (nSPS) is 23.3. The molecule has 6 N–H and O–H groups in total. The van der Waals surface area contributed by atoms with Crippen LogP contribution in [0.2, 0.25) is 0 Å². The first-order chi connectivity index (χ1) is 26.6. The van der Waals surface area contributed by atoms with Crippen LogP contribution in [0.4, 0.5) is 33.2 Å². The van der Waals surface area contributed by atoms with E-state index in [0.29, 0.717) is 45.1 Å². The van der Waals surface area contributed by atoms with Crippen LogP contribution in [0, 0.1) is 26.0 Å². The molecule has 0 aliphatic carbocycles. The second kappa shape index (κ2) is 22.1. The first kappa shape index (κ1) is 45.7. The van der Waals surface area contributed by atoms with Crippen molar-refractivity contribution in [2.45, 2.75) is 55.3 Å². The van der Waals surface area contributed by atoms with E-state index in [1.807, 2.05) is 11.0 Å². The highest BCUT2D eigenvalue weighted by Gasteiger charge is 2.35. The zero-order chi connectivity index (χ0) is 41.2. The van der Waals surface area contributed by atoms with E-state index >= 15 is 0 Å². The number of pyridine rings is 3. The number of rotatable bonds is 10. The van der Waals surface area contributed by atoms with Crippen molar-refractivity contribution in [3.8, 4) is 0 Å². The van der Waals surface area contributed by atoms with Crippen LogP contribution in [0.25, 0.3) is 0 Å². The molecule has 3 unspecified atom stereocenters. The Kier molecular flexibility index (Phi) is 18.1. The van der Waals surface area contributed by atoms with Crippen molar-refractivity contribution in [3.63, 3.8) is 0 Å². The fourth-order valence-corrected chi connectivity index (χ4v) is 6.52. The van der Waals surface area contributed by atoms with E-state index in [2.05, 4.69) is 25.2 Å². The number of nitrogen functional groups attached to an aromatic ring is 1. The first-order valence-corrected chi connectivity index (χ1v) is 18.1. The summed E-state index contributed by atoms with van der Waals surface area (Å²) in [6, 6.07) is 8.74. The van der Waals surface area contributed by atoms with E-state index in [4.69, 9.17) is 19.9 Å². The summed E-state index contributed by atoms with van der Waals surface area (Å²) < 4.78 is 27.1. The Morgan fingerprint density at radius 1 is 0.732 bits per heavy atom. The number of β-amino-alcohol motifs (C(OH)–C–C–N with tert-alkyl or cyclic N) is 3. The van der Waals surface area contributed by atoms with Gasteiger partial charge in [0.2, 0.25) is 0 Å². The van der Waals surface area contributed by atoms with Crippen molar-refractivity contribution in [2.75, 3.05) is 96.0 Å². The third-order valence-electron chi connectivity index (χ3n) is 9.12. The maximum absolute atomic E-state index is 12.1. The third kappa shape index (κ3) is 15.1. The molecule has 3 aromatic rings. The second-order valence-electron chi connectivity index (χ2n) is 14.0. The van der Waals surface area contributed by atoms with Crippen LogP contribution in [0.5, 0.6) is 0 Å². The molecule has 56 heavy (non-hydrogen) atoms. The monoisotopic (exact) mass is 791 g/mol. The summed E-state index contributed by atoms with van der Waals surface area (Å²) in [5.41, 5.74) is 5.10. The molecule has 0 amide bonds. The SMILES string of the molecule is COCC1(O)CCCN(c2ccc(N)nc2)C1.COCC1(O)CCCN(c2ccc([N+](=O)[O-])nc2)C1.COCC1(O)CCCNC1.O=[N+]([O-])c1ccc(F)cn1. The van der Waals surface area contributed by atoms with Gasteiger partial charge in [-0.05, 0) is 89.1 Å². The molecule has 19 nitrogen and oxygen atoms in total. The fourth-order valence-electron chi connectivity index (χ4n) is 6.52. The summed E-state index contributed by atoms with van der Waals surface area (Å²) in [6.07, 6.45) is 9.18. The standard InChI is InChI=1S/C12H17N3O4.C12H19N3O2.C7H15NO2.C5H3FN2O2/c1-19-9-12(16)5-2-6-14(8-12)10-3-4-11(13-7-10)15(17)18;1-17-9-12(16)5-2-6-15(8-12)10-3-4-11(13)14-7-10;1-10-6-7(9)3-2-4-8-5-7;6-4-1-2-5(7-3-4)8(9)10/h3-4,7,16H,2,5-6,8-9H2,1H3;3-4,7,16H,2,5-6,8-9H2,1H3,(H2,13,14);8-9H,2-6H2,1H3;1-3H. The first-order valence-electron chi connectivity index (χ1n) is 18.1. The van der Waals surface area contributed by atoms with Crippen molar-refractivity contribution in [3.05, 3.63) is 81.0 Å². The molecule has 3 aliphatic rings. The van der Waals surface area contributed by atoms with Gasteiger partial charge in [-0.2, -0.15) is 0 Å². The van der Waals surface area contributed by atoms with Crippen LogP contribution in [0.3, 0.4) is 0 Å². The predicted molar refractivity (Wildman–Crippen MR) is 206 cm³/mol. The van der Waals surface area contributed by atoms with Crippen molar-refractivity contribution >= 4 is 28.8 Å². The minimum Gasteiger partial charge on any atom is -0.386 e. The van der Waals surface area contributed by atoms with Gasteiger partial charge in [0.25, 0.3) is 0 Å². The highest BCUT2D eigenvalue weighted by molar-refractivity contribution is 5.49. The lowest BCUT2D eigenvalue weighted by Gasteiger charge is -2.39. The number of nitrogens with zero attached hydrogens (tertiary/aromatic N) is 7. The van der Waals surface area contributed by atoms with Gasteiger partial charge in [0.1, 0.15) is 22.6 Å². The van der Waals surface area contributed by atoms with Gasteiger partial charge in [0.05, 0.1) is 37.4 Å². The molecule has 6 heterocycles. The van der Waals surface area contributed by atoms with Crippen molar-refractivity contribution < 1.29 is 43.8 Å². The Labute approximate surface area is 324 Å². The number of nitrogens with one attached hydrogen (secondary N) is 1. The number of ether oxygens (including phenoxy) is 3. The van der Waals surface area contributed by atoms with Crippen molar-refractivity contribution in [1.29, 1.82) is 0 Å². The lowest BCUT2D eigenvalue weighted by molar-refractivity contribution is -0.389. The summed E-state index contributed by atoms with van der Waals surface area (Å²) in [5, 5.41) is 54.0.